The molecule has 2 aromatic carbocycles. The van der Waals surface area contributed by atoms with Crippen molar-refractivity contribution in [2.45, 2.75) is 6.42 Å². The van der Waals surface area contributed by atoms with E-state index in [1.54, 1.807) is 24.3 Å². The van der Waals surface area contributed by atoms with Gasteiger partial charge < -0.3 is 10.7 Å². The molecule has 7 heteroatoms. The normalized spacial score (nSPS) is 11.2. The molecule has 26 heavy (non-hydrogen) atoms. The van der Waals surface area contributed by atoms with Crippen molar-refractivity contribution in [3.05, 3.63) is 81.1 Å². The van der Waals surface area contributed by atoms with Gasteiger partial charge in [-0.25, -0.2) is 9.37 Å². The van der Waals surface area contributed by atoms with Crippen molar-refractivity contribution in [1.82, 2.24) is 9.97 Å². The minimum atomic E-state index is -0.481. The Morgan fingerprint density at radius 3 is 2.65 bits per heavy atom. The fourth-order valence-corrected chi connectivity index (χ4v) is 3.80. The third-order valence-electron chi connectivity index (χ3n) is 4.00. The summed E-state index contributed by atoms with van der Waals surface area (Å²) in [7, 11) is 0. The van der Waals surface area contributed by atoms with Crippen molar-refractivity contribution in [3.8, 4) is 10.4 Å². The number of aromatic nitrogens is 2. The van der Waals surface area contributed by atoms with Crippen molar-refractivity contribution in [1.29, 1.82) is 0 Å². The summed E-state index contributed by atoms with van der Waals surface area (Å²) in [4.78, 5) is 20.5. The highest BCUT2D eigenvalue weighted by atomic mass is 35.5. The van der Waals surface area contributed by atoms with E-state index in [2.05, 4.69) is 9.97 Å². The number of nitrogens with two attached hydrogens (primary N) is 1. The van der Waals surface area contributed by atoms with Crippen LogP contribution in [0.1, 0.15) is 11.4 Å². The monoisotopic (exact) mass is 385 g/mol. The van der Waals surface area contributed by atoms with E-state index in [1.807, 2.05) is 12.1 Å². The smallest absolute Gasteiger partial charge is 0.268 e. The molecular formula is C19H13ClFN3OS. The number of aromatic amines is 1. The topological polar surface area (TPSA) is 71.8 Å². The third-order valence-corrected chi connectivity index (χ3v) is 5.43. The highest BCUT2D eigenvalue weighted by Crippen LogP contribution is 2.32. The van der Waals surface area contributed by atoms with Gasteiger partial charge in [0.15, 0.2) is 0 Å². The van der Waals surface area contributed by atoms with Gasteiger partial charge in [-0.05, 0) is 41.5 Å². The minimum Gasteiger partial charge on any atom is -0.396 e. The van der Waals surface area contributed by atoms with Crippen LogP contribution in [-0.4, -0.2) is 9.97 Å². The summed E-state index contributed by atoms with van der Waals surface area (Å²) < 4.78 is 14.2. The number of hydrogen-bond acceptors (Lipinski definition) is 4. The molecule has 4 aromatic rings. The minimum absolute atomic E-state index is 0.0936. The van der Waals surface area contributed by atoms with Crippen LogP contribution in [0.2, 0.25) is 5.02 Å². The number of thiophene rings is 1. The predicted octanol–water partition coefficient (Wildman–Crippen LogP) is 4.62. The Kier molecular flexibility index (Phi) is 4.22. The van der Waals surface area contributed by atoms with Gasteiger partial charge in [-0.3, -0.25) is 4.79 Å². The van der Waals surface area contributed by atoms with E-state index in [0.29, 0.717) is 33.0 Å². The first-order chi connectivity index (χ1) is 12.5. The molecule has 2 heterocycles. The summed E-state index contributed by atoms with van der Waals surface area (Å²) in [6.45, 7) is 0. The molecule has 0 fully saturated rings. The summed E-state index contributed by atoms with van der Waals surface area (Å²) in [6.07, 6.45) is 0.490. The second-order valence-corrected chi connectivity index (χ2v) is 7.37. The Bertz CT molecular complexity index is 1170. The molecule has 0 bridgehead atoms. The SMILES string of the molecule is Nc1ccc(-c2cc3nc(Cc4ccc(Cl)cc4)[nH]c(=O)c3s2)cc1F. The van der Waals surface area contributed by atoms with E-state index in [1.165, 1.54) is 23.5 Å². The fraction of sp³-hybridized carbons (Fsp3) is 0.0526. The highest BCUT2D eigenvalue weighted by molar-refractivity contribution is 7.22. The van der Waals surface area contributed by atoms with Crippen molar-refractivity contribution in [2.24, 2.45) is 0 Å². The van der Waals surface area contributed by atoms with Crippen LogP contribution in [0, 0.1) is 5.82 Å². The van der Waals surface area contributed by atoms with Crippen LogP contribution in [0.3, 0.4) is 0 Å². The number of hydrogen-bond donors (Lipinski definition) is 2. The van der Waals surface area contributed by atoms with E-state index < -0.39 is 5.82 Å². The van der Waals surface area contributed by atoms with Gasteiger partial charge in [0.25, 0.3) is 5.56 Å². The lowest BCUT2D eigenvalue weighted by atomic mass is 10.1. The number of nitrogen functional groups attached to an aromatic ring is 1. The molecule has 0 radical (unpaired) electrons. The van der Waals surface area contributed by atoms with E-state index in [9.17, 15) is 9.18 Å². The molecule has 0 aliphatic carbocycles. The summed E-state index contributed by atoms with van der Waals surface area (Å²) in [6, 6.07) is 13.8. The van der Waals surface area contributed by atoms with Gasteiger partial charge in [-0.1, -0.05) is 29.8 Å². The highest BCUT2D eigenvalue weighted by Gasteiger charge is 2.12. The number of rotatable bonds is 3. The van der Waals surface area contributed by atoms with Gasteiger partial charge in [0.05, 0.1) is 11.2 Å². The number of nitrogens with one attached hydrogen (secondary N) is 1. The molecule has 4 nitrogen and oxygen atoms in total. The fourth-order valence-electron chi connectivity index (χ4n) is 2.69. The first-order valence-corrected chi connectivity index (χ1v) is 9.01. The largest absolute Gasteiger partial charge is 0.396 e. The summed E-state index contributed by atoms with van der Waals surface area (Å²) in [5.41, 5.74) is 7.66. The average Bonchev–Trinajstić information content (AvgIpc) is 3.04. The van der Waals surface area contributed by atoms with Crippen LogP contribution in [0.25, 0.3) is 20.7 Å². The Morgan fingerprint density at radius 2 is 1.92 bits per heavy atom. The summed E-state index contributed by atoms with van der Waals surface area (Å²) >= 11 is 7.17. The van der Waals surface area contributed by atoms with Gasteiger partial charge in [-0.2, -0.15) is 0 Å². The molecule has 0 amide bonds. The molecule has 0 saturated carbocycles. The van der Waals surface area contributed by atoms with Gasteiger partial charge in [-0.15, -0.1) is 11.3 Å². The first-order valence-electron chi connectivity index (χ1n) is 7.82. The second kappa shape index (κ2) is 6.55. The van der Waals surface area contributed by atoms with E-state index in [-0.39, 0.29) is 11.2 Å². The summed E-state index contributed by atoms with van der Waals surface area (Å²) in [5, 5.41) is 0.656. The van der Waals surface area contributed by atoms with Crippen LogP contribution in [0.4, 0.5) is 10.1 Å². The zero-order valence-electron chi connectivity index (χ0n) is 13.4. The standard InChI is InChI=1S/C19H13ClFN3OS/c20-12-4-1-10(2-5-12)7-17-23-15-9-16(26-18(15)19(25)24-17)11-3-6-14(22)13(21)8-11/h1-6,8-9H,7,22H2,(H,23,24,25). The maximum atomic E-state index is 13.7. The number of H-pyrrole nitrogens is 1. The molecule has 0 saturated heterocycles. The van der Waals surface area contributed by atoms with Crippen LogP contribution in [0.5, 0.6) is 0 Å². The Hall–Kier alpha value is -2.70. The quantitative estimate of drug-likeness (QED) is 0.505. The molecule has 3 N–H and O–H groups in total. The zero-order valence-corrected chi connectivity index (χ0v) is 15.0. The second-order valence-electron chi connectivity index (χ2n) is 5.88. The van der Waals surface area contributed by atoms with Crippen molar-refractivity contribution >= 4 is 38.8 Å². The average molecular weight is 386 g/mol. The van der Waals surface area contributed by atoms with Crippen LogP contribution in [0.15, 0.2) is 53.3 Å². The van der Waals surface area contributed by atoms with Gasteiger partial charge in [0, 0.05) is 16.3 Å². The maximum absolute atomic E-state index is 13.7. The Labute approximate surface area is 157 Å². The molecular weight excluding hydrogens is 373 g/mol. The Morgan fingerprint density at radius 1 is 1.15 bits per heavy atom. The number of fused-ring (bicyclic) bond motifs is 1. The van der Waals surface area contributed by atoms with E-state index in [4.69, 9.17) is 17.3 Å². The number of benzene rings is 2. The summed E-state index contributed by atoms with van der Waals surface area (Å²) in [5.74, 6) is 0.0860. The van der Waals surface area contributed by atoms with E-state index >= 15 is 0 Å². The van der Waals surface area contributed by atoms with Gasteiger partial charge in [0.1, 0.15) is 16.3 Å². The van der Waals surface area contributed by atoms with Gasteiger partial charge >= 0.3 is 0 Å². The van der Waals surface area contributed by atoms with Gasteiger partial charge in [0.2, 0.25) is 0 Å². The first kappa shape index (κ1) is 16.8. The lowest BCUT2D eigenvalue weighted by molar-refractivity contribution is 0.633. The molecule has 2 aromatic heterocycles. The molecule has 130 valence electrons. The third kappa shape index (κ3) is 3.21. The van der Waals surface area contributed by atoms with E-state index in [0.717, 1.165) is 10.4 Å². The van der Waals surface area contributed by atoms with Crippen molar-refractivity contribution in [3.63, 3.8) is 0 Å². The van der Waals surface area contributed by atoms with Crippen LogP contribution < -0.4 is 11.3 Å². The van der Waals surface area contributed by atoms with Crippen molar-refractivity contribution in [2.75, 3.05) is 5.73 Å². The molecule has 0 unspecified atom stereocenters. The molecule has 0 aliphatic heterocycles. The van der Waals surface area contributed by atoms with Crippen LogP contribution >= 0.6 is 22.9 Å². The number of halogens is 2. The Balaban J connectivity index is 1.74. The predicted molar refractivity (Wildman–Crippen MR) is 104 cm³/mol. The lowest BCUT2D eigenvalue weighted by Crippen LogP contribution is -2.10. The molecule has 0 atom stereocenters. The van der Waals surface area contributed by atoms with Crippen LogP contribution in [-0.2, 0) is 6.42 Å². The molecule has 4 rings (SSSR count). The molecule has 0 spiro atoms. The molecule has 0 aliphatic rings. The number of nitrogens with zero attached hydrogens (tertiary/aromatic N) is 1. The zero-order chi connectivity index (χ0) is 18.3. The number of anilines is 1. The van der Waals surface area contributed by atoms with Crippen molar-refractivity contribution < 1.29 is 4.39 Å². The maximum Gasteiger partial charge on any atom is 0.268 e. The lowest BCUT2D eigenvalue weighted by Gasteiger charge is -2.01.